The summed E-state index contributed by atoms with van der Waals surface area (Å²) in [7, 11) is 1.91. The van der Waals surface area contributed by atoms with E-state index in [0.717, 1.165) is 21.5 Å². The van der Waals surface area contributed by atoms with Crippen LogP contribution >= 0.6 is 22.9 Å². The number of rotatable bonds is 4. The van der Waals surface area contributed by atoms with E-state index in [1.54, 1.807) is 6.33 Å². The number of aryl methyl sites for hydroxylation is 1. The van der Waals surface area contributed by atoms with Gasteiger partial charge in [-0.15, -0.1) is 11.3 Å². The molecule has 0 saturated heterocycles. The minimum absolute atomic E-state index is 0.287. The summed E-state index contributed by atoms with van der Waals surface area (Å²) in [5.74, 6) is 0. The molecule has 3 heterocycles. The average molecular weight is 372 g/mol. The van der Waals surface area contributed by atoms with Crippen molar-refractivity contribution in [3.63, 3.8) is 0 Å². The number of aromatic nitrogens is 4. The van der Waals surface area contributed by atoms with Crippen LogP contribution in [0.4, 0.5) is 5.69 Å². The van der Waals surface area contributed by atoms with Gasteiger partial charge in [-0.1, -0.05) is 23.7 Å². The van der Waals surface area contributed by atoms with Crippen molar-refractivity contribution in [3.8, 4) is 17.3 Å². The molecule has 0 amide bonds. The van der Waals surface area contributed by atoms with E-state index in [0.29, 0.717) is 23.0 Å². The van der Waals surface area contributed by atoms with Gasteiger partial charge in [-0.05, 0) is 12.1 Å². The molecule has 1 aromatic carbocycles. The molecule has 0 saturated carbocycles. The SMILES string of the molecule is Cn1cnc(COc2nc(-c3cccc(Cl)c3)c3c(N)csc3n2)c1. The van der Waals surface area contributed by atoms with Crippen LogP contribution in [-0.2, 0) is 13.7 Å². The van der Waals surface area contributed by atoms with Crippen LogP contribution in [0.1, 0.15) is 5.69 Å². The van der Waals surface area contributed by atoms with Crippen LogP contribution in [0.25, 0.3) is 21.5 Å². The molecule has 4 aromatic rings. The minimum atomic E-state index is 0.287. The molecular weight excluding hydrogens is 358 g/mol. The predicted octanol–water partition coefficient (Wildman–Crippen LogP) is 3.91. The fourth-order valence-electron chi connectivity index (χ4n) is 2.53. The van der Waals surface area contributed by atoms with E-state index in [1.807, 2.05) is 47.5 Å². The fraction of sp³-hybridized carbons (Fsp3) is 0.118. The summed E-state index contributed by atoms with van der Waals surface area (Å²) in [5, 5.41) is 3.31. The molecule has 0 bridgehead atoms. The minimum Gasteiger partial charge on any atom is -0.457 e. The quantitative estimate of drug-likeness (QED) is 0.588. The number of nitrogen functional groups attached to an aromatic ring is 1. The number of nitrogens with two attached hydrogens (primary N) is 1. The molecule has 25 heavy (non-hydrogen) atoms. The van der Waals surface area contributed by atoms with Gasteiger partial charge in [-0.2, -0.15) is 9.97 Å². The third-order valence-electron chi connectivity index (χ3n) is 3.65. The number of halogens is 1. The lowest BCUT2D eigenvalue weighted by Crippen LogP contribution is -2.01. The topological polar surface area (TPSA) is 78.8 Å². The number of anilines is 1. The summed E-state index contributed by atoms with van der Waals surface area (Å²) >= 11 is 7.59. The van der Waals surface area contributed by atoms with Gasteiger partial charge in [0.1, 0.15) is 11.4 Å². The van der Waals surface area contributed by atoms with Crippen molar-refractivity contribution in [2.24, 2.45) is 7.05 Å². The maximum absolute atomic E-state index is 6.13. The molecule has 126 valence electrons. The Hall–Kier alpha value is -2.64. The standard InChI is InChI=1S/C17H14ClN5OS/c1-23-6-12(20-9-23)7-24-17-21-15(10-3-2-4-11(18)5-10)14-13(19)8-25-16(14)22-17/h2-6,8-9H,7,19H2,1H3. The summed E-state index contributed by atoms with van der Waals surface area (Å²) in [5.41, 5.74) is 9.14. The first kappa shape index (κ1) is 15.9. The summed E-state index contributed by atoms with van der Waals surface area (Å²) in [6.45, 7) is 0.294. The normalized spacial score (nSPS) is 11.1. The average Bonchev–Trinajstić information content (AvgIpc) is 3.18. The van der Waals surface area contributed by atoms with Crippen molar-refractivity contribution in [3.05, 3.63) is 52.9 Å². The van der Waals surface area contributed by atoms with Crippen molar-refractivity contribution >= 4 is 38.8 Å². The Morgan fingerprint density at radius 3 is 2.96 bits per heavy atom. The van der Waals surface area contributed by atoms with Crippen LogP contribution in [0.5, 0.6) is 6.01 Å². The van der Waals surface area contributed by atoms with E-state index in [9.17, 15) is 0 Å². The van der Waals surface area contributed by atoms with Gasteiger partial charge in [0, 0.05) is 29.2 Å². The number of nitrogens with zero attached hydrogens (tertiary/aromatic N) is 4. The third kappa shape index (κ3) is 3.16. The second-order valence-electron chi connectivity index (χ2n) is 5.56. The van der Waals surface area contributed by atoms with Gasteiger partial charge in [-0.25, -0.2) is 4.98 Å². The van der Waals surface area contributed by atoms with E-state index < -0.39 is 0 Å². The Balaban J connectivity index is 1.76. The Kier molecular flexibility index (Phi) is 4.03. The summed E-state index contributed by atoms with van der Waals surface area (Å²) in [6, 6.07) is 7.77. The third-order valence-corrected chi connectivity index (χ3v) is 4.77. The largest absolute Gasteiger partial charge is 0.457 e. The first-order valence-corrected chi connectivity index (χ1v) is 8.76. The van der Waals surface area contributed by atoms with Gasteiger partial charge in [0.2, 0.25) is 0 Å². The molecule has 0 aliphatic rings. The van der Waals surface area contributed by atoms with Gasteiger partial charge >= 0.3 is 6.01 Å². The fourth-order valence-corrected chi connectivity index (χ4v) is 3.54. The Labute approximate surface area is 152 Å². The van der Waals surface area contributed by atoms with E-state index >= 15 is 0 Å². The molecule has 0 spiro atoms. The van der Waals surface area contributed by atoms with E-state index in [4.69, 9.17) is 22.1 Å². The summed E-state index contributed by atoms with van der Waals surface area (Å²) < 4.78 is 7.61. The van der Waals surface area contributed by atoms with Crippen molar-refractivity contribution < 1.29 is 4.74 Å². The molecule has 0 aliphatic heterocycles. The first-order chi connectivity index (χ1) is 12.1. The first-order valence-electron chi connectivity index (χ1n) is 7.50. The number of thiophene rings is 1. The summed E-state index contributed by atoms with van der Waals surface area (Å²) in [6.07, 6.45) is 3.61. The van der Waals surface area contributed by atoms with Gasteiger partial charge in [0.05, 0.1) is 28.8 Å². The van der Waals surface area contributed by atoms with Crippen molar-refractivity contribution in [2.45, 2.75) is 6.61 Å². The second-order valence-corrected chi connectivity index (χ2v) is 6.85. The molecule has 0 aliphatic carbocycles. The van der Waals surface area contributed by atoms with Crippen LogP contribution in [-0.4, -0.2) is 19.5 Å². The monoisotopic (exact) mass is 371 g/mol. The number of hydrogen-bond donors (Lipinski definition) is 1. The van der Waals surface area contributed by atoms with Crippen LogP contribution in [0, 0.1) is 0 Å². The second kappa shape index (κ2) is 6.34. The highest BCUT2D eigenvalue weighted by Gasteiger charge is 2.15. The molecule has 8 heteroatoms. The number of ether oxygens (including phenoxy) is 1. The highest BCUT2D eigenvalue weighted by atomic mass is 35.5. The molecule has 2 N–H and O–H groups in total. The predicted molar refractivity (Wildman–Crippen MR) is 99.8 cm³/mol. The molecule has 6 nitrogen and oxygen atoms in total. The number of benzene rings is 1. The van der Waals surface area contributed by atoms with Crippen LogP contribution in [0.15, 0.2) is 42.2 Å². The smallest absolute Gasteiger partial charge is 0.318 e. The summed E-state index contributed by atoms with van der Waals surface area (Å²) in [4.78, 5) is 14.0. The lowest BCUT2D eigenvalue weighted by molar-refractivity contribution is 0.278. The molecule has 0 unspecified atom stereocenters. The molecule has 3 aromatic heterocycles. The lowest BCUT2D eigenvalue weighted by atomic mass is 10.1. The number of imidazole rings is 1. The van der Waals surface area contributed by atoms with Gasteiger partial charge < -0.3 is 15.0 Å². The van der Waals surface area contributed by atoms with Crippen molar-refractivity contribution in [1.82, 2.24) is 19.5 Å². The number of hydrogen-bond acceptors (Lipinski definition) is 6. The molecular formula is C17H14ClN5OS. The molecule has 0 fully saturated rings. The Morgan fingerprint density at radius 2 is 2.20 bits per heavy atom. The highest BCUT2D eigenvalue weighted by molar-refractivity contribution is 7.17. The van der Waals surface area contributed by atoms with E-state index in [2.05, 4.69) is 15.0 Å². The Bertz CT molecular complexity index is 1060. The zero-order chi connectivity index (χ0) is 17.4. The lowest BCUT2D eigenvalue weighted by Gasteiger charge is -2.08. The molecule has 0 radical (unpaired) electrons. The zero-order valence-corrected chi connectivity index (χ0v) is 14.9. The number of fused-ring (bicyclic) bond motifs is 1. The van der Waals surface area contributed by atoms with Crippen molar-refractivity contribution in [2.75, 3.05) is 5.73 Å². The zero-order valence-electron chi connectivity index (χ0n) is 13.3. The van der Waals surface area contributed by atoms with E-state index in [-0.39, 0.29) is 6.01 Å². The highest BCUT2D eigenvalue weighted by Crippen LogP contribution is 2.36. The van der Waals surface area contributed by atoms with Gasteiger partial charge in [-0.3, -0.25) is 0 Å². The van der Waals surface area contributed by atoms with Crippen LogP contribution < -0.4 is 10.5 Å². The molecule has 0 atom stereocenters. The van der Waals surface area contributed by atoms with E-state index in [1.165, 1.54) is 11.3 Å². The maximum atomic E-state index is 6.13. The molecule has 4 rings (SSSR count). The maximum Gasteiger partial charge on any atom is 0.318 e. The van der Waals surface area contributed by atoms with Crippen LogP contribution in [0.2, 0.25) is 5.02 Å². The van der Waals surface area contributed by atoms with Gasteiger partial charge in [0.15, 0.2) is 0 Å². The Morgan fingerprint density at radius 1 is 1.32 bits per heavy atom. The van der Waals surface area contributed by atoms with Crippen LogP contribution in [0.3, 0.4) is 0 Å². The van der Waals surface area contributed by atoms with Crippen molar-refractivity contribution in [1.29, 1.82) is 0 Å². The van der Waals surface area contributed by atoms with Gasteiger partial charge in [0.25, 0.3) is 0 Å².